The molecule has 0 atom stereocenters. The second-order valence-corrected chi connectivity index (χ2v) is 16.2. The Hall–Kier alpha value is -8.41. The Morgan fingerprint density at radius 3 is 1.46 bits per heavy atom. The van der Waals surface area contributed by atoms with Crippen LogP contribution in [0.4, 0.5) is 0 Å². The van der Waals surface area contributed by atoms with E-state index < -0.39 is 0 Å². The van der Waals surface area contributed by atoms with E-state index in [1.807, 2.05) is 42.5 Å². The van der Waals surface area contributed by atoms with Crippen molar-refractivity contribution in [2.75, 3.05) is 0 Å². The number of allylic oxidation sites excluding steroid dienone is 1. The van der Waals surface area contributed by atoms with Gasteiger partial charge in [0.1, 0.15) is 5.84 Å². The van der Waals surface area contributed by atoms with Crippen molar-refractivity contribution in [3.05, 3.63) is 236 Å². The number of aliphatic imine (C=N–C) groups is 1. The highest BCUT2D eigenvalue weighted by atomic mass is 15.1. The van der Waals surface area contributed by atoms with Gasteiger partial charge in [0.15, 0.2) is 0 Å². The van der Waals surface area contributed by atoms with Gasteiger partial charge in [0.05, 0.1) is 39.6 Å². The highest BCUT2D eigenvalue weighted by Crippen LogP contribution is 2.39. The van der Waals surface area contributed by atoms with Crippen LogP contribution >= 0.6 is 0 Å². The molecule has 3 aromatic heterocycles. The maximum Gasteiger partial charge on any atom is 0.135 e. The minimum Gasteiger partial charge on any atom is -0.398 e. The Morgan fingerprint density at radius 2 is 0.841 bits per heavy atom. The summed E-state index contributed by atoms with van der Waals surface area (Å²) in [5.41, 5.74) is 21.0. The molecule has 2 N–H and O–H groups in total. The van der Waals surface area contributed by atoms with Crippen LogP contribution in [0.15, 0.2) is 229 Å². The average Bonchev–Trinajstić information content (AvgIpc) is 3.98. The van der Waals surface area contributed by atoms with Crippen molar-refractivity contribution in [1.82, 2.24) is 13.7 Å². The molecule has 9 aromatic carbocycles. The highest BCUT2D eigenvalue weighted by molar-refractivity contribution is 6.19. The number of nitrogens with two attached hydrogens (primary N) is 1. The van der Waals surface area contributed by atoms with E-state index >= 15 is 0 Å². The zero-order valence-corrected chi connectivity index (χ0v) is 34.4. The first kappa shape index (κ1) is 36.4. The number of para-hydroxylation sites is 4. The summed E-state index contributed by atoms with van der Waals surface area (Å²) in [5.74, 6) is 0.771. The standard InChI is InChI=1S/C58H41N5/c59-51(40-18-6-2-7-19-40)37-58(60-38-39-16-4-1-5-17-39)63-56-32-29-42(41-28-31-55-48(34-41)47-24-12-15-27-54(47)61(55)43-20-8-3-9-21-43)35-49(56)50-36-44(30-33-57(50)63)62-52-25-13-10-22-45(52)46-23-11-14-26-53(46)62/h1-37H,38,59H2/b51-37-,60-58?. The lowest BCUT2D eigenvalue weighted by Gasteiger charge is -2.12. The molecule has 0 bridgehead atoms. The highest BCUT2D eigenvalue weighted by Gasteiger charge is 2.20. The largest absolute Gasteiger partial charge is 0.398 e. The van der Waals surface area contributed by atoms with Crippen LogP contribution in [0.5, 0.6) is 0 Å². The van der Waals surface area contributed by atoms with Crippen LogP contribution in [0.1, 0.15) is 11.1 Å². The van der Waals surface area contributed by atoms with E-state index in [4.69, 9.17) is 10.7 Å². The van der Waals surface area contributed by atoms with E-state index in [-0.39, 0.29) is 0 Å². The van der Waals surface area contributed by atoms with Gasteiger partial charge in [-0.15, -0.1) is 0 Å². The Labute approximate surface area is 364 Å². The molecule has 0 spiro atoms. The molecule has 0 aliphatic carbocycles. The fraction of sp³-hybridized carbons (Fsp3) is 0.0172. The summed E-state index contributed by atoms with van der Waals surface area (Å²) in [6, 6.07) is 77.9. The molecule has 5 heteroatoms. The molecule has 0 aliphatic rings. The van der Waals surface area contributed by atoms with Crippen LogP contribution in [0.3, 0.4) is 0 Å². The zero-order valence-electron chi connectivity index (χ0n) is 34.4. The van der Waals surface area contributed by atoms with Crippen molar-refractivity contribution in [2.45, 2.75) is 6.54 Å². The predicted molar refractivity (Wildman–Crippen MR) is 265 cm³/mol. The lowest BCUT2D eigenvalue weighted by Crippen LogP contribution is -2.12. The minimum absolute atomic E-state index is 0.504. The Kier molecular flexibility index (Phi) is 8.64. The van der Waals surface area contributed by atoms with Gasteiger partial charge in [-0.3, -0.25) is 9.56 Å². The molecule has 0 saturated carbocycles. The molecule has 0 fully saturated rings. The maximum atomic E-state index is 6.94. The molecule has 0 radical (unpaired) electrons. The molecule has 3 heterocycles. The third-order valence-electron chi connectivity index (χ3n) is 12.5. The second kappa shape index (κ2) is 14.9. The lowest BCUT2D eigenvalue weighted by molar-refractivity contribution is 1.04. The molecule has 12 aromatic rings. The van der Waals surface area contributed by atoms with Crippen LogP contribution in [0.2, 0.25) is 0 Å². The fourth-order valence-corrected chi connectivity index (χ4v) is 9.57. The topological polar surface area (TPSA) is 53.2 Å². The second-order valence-electron chi connectivity index (χ2n) is 16.2. The summed E-state index contributed by atoms with van der Waals surface area (Å²) >= 11 is 0. The Bertz CT molecular complexity index is 3700. The molecule has 0 aliphatic heterocycles. The average molecular weight is 808 g/mol. The van der Waals surface area contributed by atoms with Gasteiger partial charge in [0, 0.05) is 55.5 Å². The monoisotopic (exact) mass is 807 g/mol. The number of aromatic nitrogens is 3. The van der Waals surface area contributed by atoms with Crippen LogP contribution in [0.25, 0.3) is 93.6 Å². The van der Waals surface area contributed by atoms with E-state index in [1.165, 1.54) is 43.6 Å². The van der Waals surface area contributed by atoms with Crippen molar-refractivity contribution < 1.29 is 0 Å². The minimum atomic E-state index is 0.504. The van der Waals surface area contributed by atoms with Gasteiger partial charge in [0.25, 0.3) is 0 Å². The number of nitrogens with zero attached hydrogens (tertiary/aromatic N) is 4. The van der Waals surface area contributed by atoms with E-state index in [9.17, 15) is 0 Å². The van der Waals surface area contributed by atoms with Crippen molar-refractivity contribution in [3.63, 3.8) is 0 Å². The number of hydrogen-bond acceptors (Lipinski definition) is 2. The van der Waals surface area contributed by atoms with Crippen molar-refractivity contribution in [1.29, 1.82) is 0 Å². The van der Waals surface area contributed by atoms with Gasteiger partial charge in [-0.05, 0) is 95.1 Å². The first-order chi connectivity index (χ1) is 31.2. The normalized spacial score (nSPS) is 12.4. The molecule has 0 amide bonds. The lowest BCUT2D eigenvalue weighted by atomic mass is 10.0. The van der Waals surface area contributed by atoms with Gasteiger partial charge >= 0.3 is 0 Å². The van der Waals surface area contributed by atoms with Crippen LogP contribution in [0, 0.1) is 0 Å². The first-order valence-electron chi connectivity index (χ1n) is 21.5. The molecule has 298 valence electrons. The summed E-state index contributed by atoms with van der Waals surface area (Å²) in [7, 11) is 0. The summed E-state index contributed by atoms with van der Waals surface area (Å²) in [4.78, 5) is 5.34. The first-order valence-corrected chi connectivity index (χ1v) is 21.5. The molecular formula is C58H41N5. The van der Waals surface area contributed by atoms with E-state index in [2.05, 4.69) is 196 Å². The summed E-state index contributed by atoms with van der Waals surface area (Å²) in [6.07, 6.45) is 2.03. The number of hydrogen-bond donors (Lipinski definition) is 1. The smallest absolute Gasteiger partial charge is 0.135 e. The third kappa shape index (κ3) is 6.13. The van der Waals surface area contributed by atoms with Gasteiger partial charge in [-0.1, -0.05) is 146 Å². The van der Waals surface area contributed by atoms with E-state index in [0.29, 0.717) is 12.2 Å². The fourth-order valence-electron chi connectivity index (χ4n) is 9.57. The van der Waals surface area contributed by atoms with Crippen LogP contribution in [-0.2, 0) is 6.54 Å². The van der Waals surface area contributed by atoms with Gasteiger partial charge in [-0.25, -0.2) is 0 Å². The Balaban J connectivity index is 1.11. The van der Waals surface area contributed by atoms with Gasteiger partial charge in [0.2, 0.25) is 0 Å². The molecule has 12 rings (SSSR count). The summed E-state index contributed by atoms with van der Waals surface area (Å²) in [5, 5.41) is 7.19. The quantitative estimate of drug-likeness (QED) is 0.127. The van der Waals surface area contributed by atoms with Gasteiger partial charge in [-0.2, -0.15) is 0 Å². The molecular weight excluding hydrogens is 767 g/mol. The SMILES string of the molecule is N/C(=C\C(=NCc1ccccc1)n1c2ccc(-c3ccc4c(c3)c3ccccc3n4-c3ccccc3)cc2c2cc(-n3c4ccccc4c4ccccc43)ccc21)c1ccccc1. The predicted octanol–water partition coefficient (Wildman–Crippen LogP) is 14.1. The number of benzene rings is 9. The Morgan fingerprint density at radius 1 is 0.397 bits per heavy atom. The maximum absolute atomic E-state index is 6.94. The zero-order chi connectivity index (χ0) is 41.9. The number of rotatable bonds is 7. The van der Waals surface area contributed by atoms with Crippen LogP contribution < -0.4 is 5.73 Å². The van der Waals surface area contributed by atoms with Crippen molar-refractivity contribution in [3.8, 4) is 22.5 Å². The molecule has 0 unspecified atom stereocenters. The van der Waals surface area contributed by atoms with E-state index in [1.54, 1.807) is 0 Å². The summed E-state index contributed by atoms with van der Waals surface area (Å²) < 4.78 is 7.05. The van der Waals surface area contributed by atoms with Crippen molar-refractivity contribution in [2.24, 2.45) is 10.7 Å². The molecule has 0 saturated heterocycles. The molecule has 5 nitrogen and oxygen atoms in total. The van der Waals surface area contributed by atoms with Crippen LogP contribution in [-0.4, -0.2) is 19.5 Å². The third-order valence-corrected chi connectivity index (χ3v) is 12.5. The van der Waals surface area contributed by atoms with Gasteiger partial charge < -0.3 is 14.9 Å². The number of fused-ring (bicyclic) bond motifs is 9. The van der Waals surface area contributed by atoms with Crippen molar-refractivity contribution >= 4 is 77.0 Å². The summed E-state index contributed by atoms with van der Waals surface area (Å²) in [6.45, 7) is 0.504. The van der Waals surface area contributed by atoms with E-state index in [0.717, 1.165) is 61.3 Å². The molecule has 63 heavy (non-hydrogen) atoms.